The SMILES string of the molecule is CCCCC/C=C\C/C=C\CCCCCCCCCCCCCCCCCC(=O)OC1C(OCC(NC(=O)C(O)CCCCCCCCCCCCCCCC/C=C\C/C=C\CCCCC)C(O)/C=C/CCCCCCCCCCCCC)OC(CO)C(O)C1O. The van der Waals surface area contributed by atoms with E-state index < -0.39 is 67.4 Å². The quantitative estimate of drug-likeness (QED) is 0.0195. The van der Waals surface area contributed by atoms with E-state index in [9.17, 15) is 35.1 Å². The molecule has 0 radical (unpaired) electrons. The van der Waals surface area contributed by atoms with Gasteiger partial charge in [0, 0.05) is 6.42 Å². The Kier molecular flexibility index (Phi) is 63.9. The summed E-state index contributed by atoms with van der Waals surface area (Å²) in [5.74, 6) is -1.18. The molecule has 11 nitrogen and oxygen atoms in total. The maximum Gasteiger partial charge on any atom is 0.306 e. The molecular formula is C80H147NO10. The minimum atomic E-state index is -1.61. The maximum absolute atomic E-state index is 13.5. The van der Waals surface area contributed by atoms with Gasteiger partial charge in [-0.3, -0.25) is 9.59 Å². The molecule has 91 heavy (non-hydrogen) atoms. The number of hydrogen-bond donors (Lipinski definition) is 6. The number of esters is 1. The van der Waals surface area contributed by atoms with Crippen molar-refractivity contribution in [3.63, 3.8) is 0 Å². The number of ether oxygens (including phenoxy) is 3. The molecule has 1 heterocycles. The standard InChI is InChI=1S/C80H147NO10/c1-4-7-10-13-16-19-22-25-27-29-31-33-35-37-39-41-43-45-47-50-53-56-59-62-65-68-75(85)91-78-77(87)76(86)74(69-82)90-80(78)89-70-71(72(83)66-63-60-57-54-51-48-24-21-18-15-12-9-6-3)81-79(88)73(84)67-64-61-58-55-52-49-46-44-42-40-38-36-34-32-30-28-26-23-20-17-14-11-8-5-2/h16-17,19-20,25-28,63,66,71-74,76-78,80,82-84,86-87H,4-15,18,21-24,29-62,64-65,67-70H2,1-3H3,(H,81,88)/b19-16-,20-17-,27-25-,28-26-,66-63+. The van der Waals surface area contributed by atoms with Crippen LogP contribution in [0.15, 0.2) is 60.8 Å². The summed E-state index contributed by atoms with van der Waals surface area (Å²) in [5, 5.41) is 57.4. The summed E-state index contributed by atoms with van der Waals surface area (Å²) in [6, 6.07) is -1.03. The van der Waals surface area contributed by atoms with E-state index in [4.69, 9.17) is 14.2 Å². The molecule has 1 saturated heterocycles. The molecule has 1 rings (SSSR count). The molecule has 1 fully saturated rings. The molecule has 6 N–H and O–H groups in total. The molecule has 0 aliphatic carbocycles. The van der Waals surface area contributed by atoms with Gasteiger partial charge in [0.2, 0.25) is 5.91 Å². The molecule has 1 aliphatic rings. The molecule has 8 atom stereocenters. The van der Waals surface area contributed by atoms with Gasteiger partial charge >= 0.3 is 5.97 Å². The Hall–Kier alpha value is -2.64. The van der Waals surface area contributed by atoms with Gasteiger partial charge in [-0.25, -0.2) is 0 Å². The van der Waals surface area contributed by atoms with E-state index in [0.29, 0.717) is 19.3 Å². The van der Waals surface area contributed by atoms with Crippen LogP contribution >= 0.6 is 0 Å². The fourth-order valence-corrected chi connectivity index (χ4v) is 12.2. The van der Waals surface area contributed by atoms with Crippen LogP contribution in [0.4, 0.5) is 0 Å². The third-order valence-corrected chi connectivity index (χ3v) is 18.4. The summed E-state index contributed by atoms with van der Waals surface area (Å²) in [6.07, 6.45) is 76.9. The van der Waals surface area contributed by atoms with Crippen molar-refractivity contribution in [1.82, 2.24) is 5.32 Å². The highest BCUT2D eigenvalue weighted by Gasteiger charge is 2.47. The first-order valence-electron chi connectivity index (χ1n) is 39.1. The average Bonchev–Trinajstić information content (AvgIpc) is 1.09. The number of nitrogens with one attached hydrogen (secondary N) is 1. The van der Waals surface area contributed by atoms with E-state index in [1.54, 1.807) is 6.08 Å². The van der Waals surface area contributed by atoms with Gasteiger partial charge in [0.1, 0.15) is 24.4 Å². The fourth-order valence-electron chi connectivity index (χ4n) is 12.2. The van der Waals surface area contributed by atoms with Crippen LogP contribution in [-0.2, 0) is 23.8 Å². The van der Waals surface area contributed by atoms with Crippen molar-refractivity contribution in [3.05, 3.63) is 60.8 Å². The highest BCUT2D eigenvalue weighted by molar-refractivity contribution is 5.80. The van der Waals surface area contributed by atoms with Gasteiger partial charge in [0.05, 0.1) is 25.4 Å². The van der Waals surface area contributed by atoms with E-state index in [-0.39, 0.29) is 13.0 Å². The number of rotatable bonds is 68. The maximum atomic E-state index is 13.5. The van der Waals surface area contributed by atoms with Crippen LogP contribution < -0.4 is 5.32 Å². The van der Waals surface area contributed by atoms with Crippen molar-refractivity contribution < 1.29 is 49.3 Å². The van der Waals surface area contributed by atoms with E-state index in [0.717, 1.165) is 70.6 Å². The van der Waals surface area contributed by atoms with Crippen molar-refractivity contribution in [2.75, 3.05) is 13.2 Å². The van der Waals surface area contributed by atoms with Gasteiger partial charge in [-0.15, -0.1) is 0 Å². The van der Waals surface area contributed by atoms with E-state index in [1.807, 2.05) is 6.08 Å². The zero-order valence-corrected chi connectivity index (χ0v) is 59.5. The topological polar surface area (TPSA) is 175 Å². The van der Waals surface area contributed by atoms with E-state index >= 15 is 0 Å². The molecule has 0 bridgehead atoms. The summed E-state index contributed by atoms with van der Waals surface area (Å²) < 4.78 is 17.8. The number of hydrogen-bond acceptors (Lipinski definition) is 10. The Morgan fingerprint density at radius 3 is 1.14 bits per heavy atom. The van der Waals surface area contributed by atoms with Crippen molar-refractivity contribution >= 4 is 11.9 Å². The second kappa shape index (κ2) is 67.3. The molecule has 0 aromatic heterocycles. The monoisotopic (exact) mass is 1280 g/mol. The zero-order chi connectivity index (χ0) is 66.0. The Labute approximate surface area is 560 Å². The highest BCUT2D eigenvalue weighted by atomic mass is 16.7. The molecule has 1 amide bonds. The average molecular weight is 1280 g/mol. The molecule has 8 unspecified atom stereocenters. The largest absolute Gasteiger partial charge is 0.454 e. The molecule has 11 heteroatoms. The molecular weight excluding hydrogens is 1130 g/mol. The first-order valence-corrected chi connectivity index (χ1v) is 39.1. The van der Waals surface area contributed by atoms with Gasteiger partial charge in [-0.1, -0.05) is 338 Å². The molecule has 0 saturated carbocycles. The summed E-state index contributed by atoms with van der Waals surface area (Å²) in [4.78, 5) is 26.8. The Bertz CT molecular complexity index is 1720. The van der Waals surface area contributed by atoms with Gasteiger partial charge in [0.25, 0.3) is 0 Å². The first-order chi connectivity index (χ1) is 44.7. The molecule has 0 aromatic rings. The van der Waals surface area contributed by atoms with Crippen LogP contribution in [0.25, 0.3) is 0 Å². The predicted molar refractivity (Wildman–Crippen MR) is 384 cm³/mol. The Balaban J connectivity index is 2.52. The summed E-state index contributed by atoms with van der Waals surface area (Å²) in [7, 11) is 0. The third-order valence-electron chi connectivity index (χ3n) is 18.4. The van der Waals surface area contributed by atoms with Gasteiger partial charge in [-0.05, 0) is 89.9 Å². The zero-order valence-electron chi connectivity index (χ0n) is 59.5. The van der Waals surface area contributed by atoms with Crippen LogP contribution in [0.3, 0.4) is 0 Å². The third kappa shape index (κ3) is 54.2. The lowest BCUT2D eigenvalue weighted by molar-refractivity contribution is -0.305. The fraction of sp³-hybridized carbons (Fsp3) is 0.850. The summed E-state index contributed by atoms with van der Waals surface area (Å²) in [5.41, 5.74) is 0. The lowest BCUT2D eigenvalue weighted by atomic mass is 9.99. The van der Waals surface area contributed by atoms with E-state index in [2.05, 4.69) is 74.7 Å². The van der Waals surface area contributed by atoms with Crippen molar-refractivity contribution in [2.24, 2.45) is 0 Å². The normalized spacial score (nSPS) is 18.3. The van der Waals surface area contributed by atoms with Gasteiger partial charge < -0.3 is 45.1 Å². The number of allylic oxidation sites excluding steroid dienone is 9. The second-order valence-electron chi connectivity index (χ2n) is 27.1. The molecule has 532 valence electrons. The Morgan fingerprint density at radius 2 is 0.758 bits per heavy atom. The lowest BCUT2D eigenvalue weighted by Gasteiger charge is -2.41. The van der Waals surface area contributed by atoms with Crippen molar-refractivity contribution in [2.45, 2.75) is 423 Å². The lowest BCUT2D eigenvalue weighted by Crippen LogP contribution is -2.61. The molecule has 0 aromatic carbocycles. The van der Waals surface area contributed by atoms with Crippen LogP contribution in [0.1, 0.15) is 374 Å². The Morgan fingerprint density at radius 1 is 0.429 bits per heavy atom. The van der Waals surface area contributed by atoms with Crippen molar-refractivity contribution in [3.8, 4) is 0 Å². The second-order valence-corrected chi connectivity index (χ2v) is 27.1. The summed E-state index contributed by atoms with van der Waals surface area (Å²) >= 11 is 0. The molecule has 1 aliphatic heterocycles. The minimum absolute atomic E-state index is 0.125. The number of carbonyl (C=O) groups is 2. The van der Waals surface area contributed by atoms with Crippen LogP contribution in [0.5, 0.6) is 0 Å². The number of aliphatic hydroxyl groups excluding tert-OH is 5. The highest BCUT2D eigenvalue weighted by Crippen LogP contribution is 2.27. The molecule has 0 spiro atoms. The van der Waals surface area contributed by atoms with Crippen LogP contribution in [0.2, 0.25) is 0 Å². The van der Waals surface area contributed by atoms with Gasteiger partial charge in [0.15, 0.2) is 12.4 Å². The smallest absolute Gasteiger partial charge is 0.306 e. The van der Waals surface area contributed by atoms with Crippen LogP contribution in [0, 0.1) is 0 Å². The van der Waals surface area contributed by atoms with E-state index in [1.165, 1.54) is 257 Å². The number of aliphatic hydroxyl groups is 5. The number of unbranched alkanes of at least 4 members (excludes halogenated alkanes) is 46. The predicted octanol–water partition coefficient (Wildman–Crippen LogP) is 20.9. The van der Waals surface area contributed by atoms with Crippen LogP contribution in [-0.4, -0.2) is 99.6 Å². The number of amides is 1. The van der Waals surface area contributed by atoms with Gasteiger partial charge in [-0.2, -0.15) is 0 Å². The number of carbonyl (C=O) groups excluding carboxylic acids is 2. The summed E-state index contributed by atoms with van der Waals surface area (Å²) in [6.45, 7) is 5.81. The van der Waals surface area contributed by atoms with Crippen molar-refractivity contribution in [1.29, 1.82) is 0 Å². The first kappa shape index (κ1) is 86.4. The minimum Gasteiger partial charge on any atom is -0.454 e.